The number of carbonyl (C=O) groups is 1. The highest BCUT2D eigenvalue weighted by atomic mass is 16.1. The Labute approximate surface area is 61.8 Å². The standard InChI is InChI=1S/C9H14O/c10-9-3-1-2-7-6-8(7)4-5-9/h7-8H,1-6H2/t7-,8+/m0/s1. The van der Waals surface area contributed by atoms with Gasteiger partial charge < -0.3 is 0 Å². The molecule has 2 atom stereocenters. The normalized spacial score (nSPS) is 39.8. The smallest absolute Gasteiger partial charge is 0.132 e. The molecule has 10 heavy (non-hydrogen) atoms. The van der Waals surface area contributed by atoms with Gasteiger partial charge in [0.25, 0.3) is 0 Å². The Morgan fingerprint density at radius 2 is 1.90 bits per heavy atom. The zero-order chi connectivity index (χ0) is 6.97. The van der Waals surface area contributed by atoms with Gasteiger partial charge in [-0.25, -0.2) is 0 Å². The SMILES string of the molecule is O=C1CCC[C@H]2C[C@H]2CC1. The molecule has 0 saturated heterocycles. The second kappa shape index (κ2) is 2.37. The molecular formula is C9H14O. The second-order valence-electron chi connectivity index (χ2n) is 3.73. The Morgan fingerprint density at radius 1 is 1.10 bits per heavy atom. The number of Topliss-reactive ketones (excluding diaryl/α,β-unsaturated/α-hetero) is 1. The van der Waals surface area contributed by atoms with Crippen LogP contribution in [0.3, 0.4) is 0 Å². The lowest BCUT2D eigenvalue weighted by Gasteiger charge is -2.04. The molecule has 0 amide bonds. The Hall–Kier alpha value is -0.330. The third kappa shape index (κ3) is 1.23. The predicted octanol–water partition coefficient (Wildman–Crippen LogP) is 2.16. The second-order valence-corrected chi connectivity index (χ2v) is 3.73. The van der Waals surface area contributed by atoms with Crippen molar-refractivity contribution in [3.8, 4) is 0 Å². The summed E-state index contributed by atoms with van der Waals surface area (Å²) in [5.74, 6) is 2.47. The quantitative estimate of drug-likeness (QED) is 0.501. The van der Waals surface area contributed by atoms with Crippen LogP contribution in [0.4, 0.5) is 0 Å². The van der Waals surface area contributed by atoms with Crippen LogP contribution in [0.25, 0.3) is 0 Å². The highest BCUT2D eigenvalue weighted by Gasteiger charge is 2.37. The molecule has 0 radical (unpaired) electrons. The molecule has 0 bridgehead atoms. The fourth-order valence-electron chi connectivity index (χ4n) is 2.05. The van der Waals surface area contributed by atoms with Crippen LogP contribution in [-0.4, -0.2) is 5.78 Å². The maximum Gasteiger partial charge on any atom is 0.132 e. The Morgan fingerprint density at radius 3 is 2.80 bits per heavy atom. The average molecular weight is 138 g/mol. The molecular weight excluding hydrogens is 124 g/mol. The minimum absolute atomic E-state index is 0.505. The van der Waals surface area contributed by atoms with Crippen LogP contribution in [0.15, 0.2) is 0 Å². The molecule has 0 unspecified atom stereocenters. The van der Waals surface area contributed by atoms with Gasteiger partial charge in [-0.05, 0) is 37.5 Å². The maximum atomic E-state index is 11.0. The number of ketones is 1. The Balaban J connectivity index is 1.88. The van der Waals surface area contributed by atoms with E-state index in [1.54, 1.807) is 0 Å². The van der Waals surface area contributed by atoms with Crippen LogP contribution in [-0.2, 0) is 4.79 Å². The lowest BCUT2D eigenvalue weighted by atomic mass is 10.0. The number of rotatable bonds is 0. The number of carbonyl (C=O) groups excluding carboxylic acids is 1. The van der Waals surface area contributed by atoms with Crippen LogP contribution in [0.5, 0.6) is 0 Å². The van der Waals surface area contributed by atoms with E-state index in [1.165, 1.54) is 25.7 Å². The van der Waals surface area contributed by atoms with Crippen molar-refractivity contribution in [1.29, 1.82) is 0 Å². The van der Waals surface area contributed by atoms with Crippen LogP contribution in [0.1, 0.15) is 38.5 Å². The van der Waals surface area contributed by atoms with E-state index in [-0.39, 0.29) is 0 Å². The minimum Gasteiger partial charge on any atom is -0.300 e. The van der Waals surface area contributed by atoms with E-state index in [1.807, 2.05) is 0 Å². The van der Waals surface area contributed by atoms with Crippen LogP contribution in [0, 0.1) is 11.8 Å². The average Bonchev–Trinajstić information content (AvgIpc) is 2.59. The molecule has 2 fully saturated rings. The molecule has 0 aliphatic heterocycles. The lowest BCUT2D eigenvalue weighted by Crippen LogP contribution is -2.02. The van der Waals surface area contributed by atoms with Gasteiger partial charge in [-0.1, -0.05) is 0 Å². The zero-order valence-corrected chi connectivity index (χ0v) is 6.31. The molecule has 0 spiro atoms. The van der Waals surface area contributed by atoms with Gasteiger partial charge in [0, 0.05) is 12.8 Å². The van der Waals surface area contributed by atoms with Gasteiger partial charge in [0.1, 0.15) is 5.78 Å². The van der Waals surface area contributed by atoms with Crippen molar-refractivity contribution in [2.24, 2.45) is 11.8 Å². The van der Waals surface area contributed by atoms with Gasteiger partial charge >= 0.3 is 0 Å². The number of hydrogen-bond donors (Lipinski definition) is 0. The lowest BCUT2D eigenvalue weighted by molar-refractivity contribution is -0.119. The van der Waals surface area contributed by atoms with E-state index in [0.717, 1.165) is 24.7 Å². The summed E-state index contributed by atoms with van der Waals surface area (Å²) >= 11 is 0. The first-order valence-corrected chi connectivity index (χ1v) is 4.38. The van der Waals surface area contributed by atoms with Crippen molar-refractivity contribution in [1.82, 2.24) is 0 Å². The molecule has 2 saturated carbocycles. The molecule has 1 heteroatoms. The molecule has 0 aromatic carbocycles. The zero-order valence-electron chi connectivity index (χ0n) is 6.31. The molecule has 1 nitrogen and oxygen atoms in total. The van der Waals surface area contributed by atoms with Gasteiger partial charge in [0.2, 0.25) is 0 Å². The molecule has 0 aromatic heterocycles. The van der Waals surface area contributed by atoms with Crippen LogP contribution >= 0.6 is 0 Å². The van der Waals surface area contributed by atoms with Crippen molar-refractivity contribution in [2.75, 3.05) is 0 Å². The van der Waals surface area contributed by atoms with Crippen LogP contribution in [0.2, 0.25) is 0 Å². The summed E-state index contributed by atoms with van der Waals surface area (Å²) in [6, 6.07) is 0. The monoisotopic (exact) mass is 138 g/mol. The summed E-state index contributed by atoms with van der Waals surface area (Å²) in [5.41, 5.74) is 0. The number of fused-ring (bicyclic) bond motifs is 1. The van der Waals surface area contributed by atoms with Crippen molar-refractivity contribution < 1.29 is 4.79 Å². The molecule has 2 aliphatic carbocycles. The van der Waals surface area contributed by atoms with Crippen molar-refractivity contribution in [2.45, 2.75) is 38.5 Å². The molecule has 0 aromatic rings. The summed E-state index contributed by atoms with van der Waals surface area (Å²) in [4.78, 5) is 11.0. The predicted molar refractivity (Wildman–Crippen MR) is 39.7 cm³/mol. The third-order valence-electron chi connectivity index (χ3n) is 2.89. The Kier molecular flexibility index (Phi) is 1.51. The maximum absolute atomic E-state index is 11.0. The van der Waals surface area contributed by atoms with Crippen molar-refractivity contribution >= 4 is 5.78 Å². The van der Waals surface area contributed by atoms with E-state index in [0.29, 0.717) is 5.78 Å². The molecule has 2 rings (SSSR count). The topological polar surface area (TPSA) is 17.1 Å². The highest BCUT2D eigenvalue weighted by molar-refractivity contribution is 5.78. The van der Waals surface area contributed by atoms with Gasteiger partial charge in [0.05, 0.1) is 0 Å². The van der Waals surface area contributed by atoms with Crippen LogP contribution < -0.4 is 0 Å². The summed E-state index contributed by atoms with van der Waals surface area (Å²) in [7, 11) is 0. The fourth-order valence-corrected chi connectivity index (χ4v) is 2.05. The molecule has 0 heterocycles. The summed E-state index contributed by atoms with van der Waals surface area (Å²) in [6.07, 6.45) is 6.86. The number of hydrogen-bond acceptors (Lipinski definition) is 1. The molecule has 56 valence electrons. The van der Waals surface area contributed by atoms with E-state index in [4.69, 9.17) is 0 Å². The van der Waals surface area contributed by atoms with E-state index in [9.17, 15) is 4.79 Å². The Bertz CT molecular complexity index is 151. The molecule has 0 N–H and O–H groups in total. The van der Waals surface area contributed by atoms with Crippen molar-refractivity contribution in [3.63, 3.8) is 0 Å². The van der Waals surface area contributed by atoms with Gasteiger partial charge in [-0.3, -0.25) is 4.79 Å². The van der Waals surface area contributed by atoms with E-state index < -0.39 is 0 Å². The largest absolute Gasteiger partial charge is 0.300 e. The first kappa shape index (κ1) is 6.38. The first-order valence-electron chi connectivity index (χ1n) is 4.38. The molecule has 2 aliphatic rings. The highest BCUT2D eigenvalue weighted by Crippen LogP contribution is 2.46. The fraction of sp³-hybridized carbons (Fsp3) is 0.889. The third-order valence-corrected chi connectivity index (χ3v) is 2.89. The van der Waals surface area contributed by atoms with Gasteiger partial charge in [-0.15, -0.1) is 0 Å². The van der Waals surface area contributed by atoms with E-state index >= 15 is 0 Å². The minimum atomic E-state index is 0.505. The van der Waals surface area contributed by atoms with Gasteiger partial charge in [-0.2, -0.15) is 0 Å². The van der Waals surface area contributed by atoms with E-state index in [2.05, 4.69) is 0 Å². The van der Waals surface area contributed by atoms with Crippen molar-refractivity contribution in [3.05, 3.63) is 0 Å². The summed E-state index contributed by atoms with van der Waals surface area (Å²) in [5, 5.41) is 0. The van der Waals surface area contributed by atoms with Gasteiger partial charge in [0.15, 0.2) is 0 Å². The summed E-state index contributed by atoms with van der Waals surface area (Å²) in [6.45, 7) is 0. The first-order chi connectivity index (χ1) is 4.86. The summed E-state index contributed by atoms with van der Waals surface area (Å²) < 4.78 is 0.